The third kappa shape index (κ3) is 3.86. The number of carbonyl (C=O) groups excluding carboxylic acids is 1. The van der Waals surface area contributed by atoms with E-state index in [-0.39, 0.29) is 11.2 Å². The molecule has 5 heteroatoms. The van der Waals surface area contributed by atoms with Crippen molar-refractivity contribution in [3.05, 3.63) is 58.6 Å². The summed E-state index contributed by atoms with van der Waals surface area (Å²) in [5.74, 6) is 0.226. The quantitative estimate of drug-likeness (QED) is 0.558. The van der Waals surface area contributed by atoms with Crippen molar-refractivity contribution in [3.63, 3.8) is 0 Å². The number of hydrogen-bond acceptors (Lipinski definition) is 4. The summed E-state index contributed by atoms with van der Waals surface area (Å²) < 4.78 is 8.25. The third-order valence-corrected chi connectivity index (χ3v) is 6.91. The average Bonchev–Trinajstić information content (AvgIpc) is 2.93. The Kier molecular flexibility index (Phi) is 5.83. The molecular formula is C27H30N2O3. The van der Waals surface area contributed by atoms with Crippen LogP contribution in [-0.4, -0.2) is 34.9 Å². The highest BCUT2D eigenvalue weighted by atomic mass is 16.3. The van der Waals surface area contributed by atoms with Crippen LogP contribution in [0.1, 0.15) is 56.2 Å². The molecule has 32 heavy (non-hydrogen) atoms. The van der Waals surface area contributed by atoms with Crippen molar-refractivity contribution >= 4 is 39.3 Å². The lowest BCUT2D eigenvalue weighted by molar-refractivity contribution is -0.118. The molecule has 3 aromatic rings. The van der Waals surface area contributed by atoms with E-state index >= 15 is 0 Å². The van der Waals surface area contributed by atoms with Crippen molar-refractivity contribution in [2.45, 2.75) is 51.5 Å². The molecule has 2 aliphatic rings. The molecule has 0 unspecified atom stereocenters. The minimum Gasteiger partial charge on any atom is -0.463 e. The van der Waals surface area contributed by atoms with Gasteiger partial charge in [-0.25, -0.2) is 0 Å². The van der Waals surface area contributed by atoms with E-state index in [9.17, 15) is 9.59 Å². The van der Waals surface area contributed by atoms with Gasteiger partial charge in [0, 0.05) is 43.3 Å². The van der Waals surface area contributed by atoms with E-state index in [0.29, 0.717) is 30.2 Å². The van der Waals surface area contributed by atoms with Crippen LogP contribution in [-0.2, 0) is 11.3 Å². The van der Waals surface area contributed by atoms with E-state index in [1.54, 1.807) is 0 Å². The van der Waals surface area contributed by atoms with Crippen LogP contribution >= 0.6 is 0 Å². The van der Waals surface area contributed by atoms with Crippen LogP contribution in [0, 0.1) is 0 Å². The number of benzene rings is 1. The molecule has 5 nitrogen and oxygen atoms in total. The van der Waals surface area contributed by atoms with E-state index in [4.69, 9.17) is 4.42 Å². The Bertz CT molecular complexity index is 1270. The van der Waals surface area contributed by atoms with Gasteiger partial charge in [0.05, 0.1) is 22.6 Å². The predicted molar refractivity (Wildman–Crippen MR) is 130 cm³/mol. The molecule has 1 aliphatic carbocycles. The van der Waals surface area contributed by atoms with Crippen LogP contribution in [0.4, 0.5) is 0 Å². The molecule has 166 valence electrons. The maximum Gasteiger partial charge on any atom is 0.192 e. The largest absolute Gasteiger partial charge is 0.463 e. The monoisotopic (exact) mass is 430 g/mol. The molecule has 3 heterocycles. The molecule has 1 fully saturated rings. The highest BCUT2D eigenvalue weighted by molar-refractivity contribution is 6.11. The molecule has 2 aromatic heterocycles. The predicted octanol–water partition coefficient (Wildman–Crippen LogP) is 5.40. The Balaban J connectivity index is 1.69. The second-order valence-electron chi connectivity index (χ2n) is 9.04. The standard InChI is InChI=1S/C27H30N2O3/c1-19-9-10-20(30)7-6-8-22-25(19)26-23(12-11-21-24(31)13-18-32-27(21)26)29(22)17-16-28-14-4-2-3-5-15-28/h6,8,11-13,18H,1-5,7,9-10,14-17H2/b8-6-. The van der Waals surface area contributed by atoms with Crippen LogP contribution in [0.5, 0.6) is 0 Å². The highest BCUT2D eigenvalue weighted by Crippen LogP contribution is 2.38. The van der Waals surface area contributed by atoms with Gasteiger partial charge in [-0.3, -0.25) is 9.59 Å². The van der Waals surface area contributed by atoms with E-state index < -0.39 is 0 Å². The minimum absolute atomic E-state index is 0.0429. The minimum atomic E-state index is -0.0429. The maximum atomic E-state index is 12.5. The van der Waals surface area contributed by atoms with Crippen LogP contribution in [0.15, 0.2) is 46.3 Å². The van der Waals surface area contributed by atoms with Crippen molar-refractivity contribution in [1.82, 2.24) is 9.47 Å². The summed E-state index contributed by atoms with van der Waals surface area (Å²) in [5.41, 5.74) is 4.63. The van der Waals surface area contributed by atoms with Crippen molar-refractivity contribution in [2.75, 3.05) is 19.6 Å². The SMILES string of the molecule is C=C1CCC(=O)C/C=C\c2c1c1c3occc(=O)c3ccc1n2CCN1CCCCCC1. The first-order chi connectivity index (χ1) is 15.6. The van der Waals surface area contributed by atoms with Gasteiger partial charge in [0.1, 0.15) is 11.4 Å². The number of likely N-dealkylation sites (tertiary alicyclic amines) is 1. The zero-order valence-electron chi connectivity index (χ0n) is 18.6. The molecule has 5 rings (SSSR count). The van der Waals surface area contributed by atoms with Gasteiger partial charge in [0.25, 0.3) is 0 Å². The number of ketones is 1. The summed E-state index contributed by atoms with van der Waals surface area (Å²) >= 11 is 0. The molecule has 0 saturated carbocycles. The number of hydrogen-bond donors (Lipinski definition) is 0. The fraction of sp³-hybridized carbons (Fsp3) is 0.407. The number of aromatic nitrogens is 1. The third-order valence-electron chi connectivity index (χ3n) is 6.91. The molecular weight excluding hydrogens is 400 g/mol. The Labute approximate surface area is 188 Å². The topological polar surface area (TPSA) is 55.5 Å². The molecule has 0 atom stereocenters. The number of fused-ring (bicyclic) bond motifs is 5. The lowest BCUT2D eigenvalue weighted by atomic mass is 9.97. The fourth-order valence-corrected chi connectivity index (χ4v) is 5.19. The normalized spacial score (nSPS) is 19.4. The Morgan fingerprint density at radius 2 is 1.78 bits per heavy atom. The molecule has 0 N–H and O–H groups in total. The summed E-state index contributed by atoms with van der Waals surface area (Å²) in [6.07, 6.45) is 12.2. The number of rotatable bonds is 3. The van der Waals surface area contributed by atoms with Crippen molar-refractivity contribution in [2.24, 2.45) is 0 Å². The number of allylic oxidation sites excluding steroid dienone is 2. The lowest BCUT2D eigenvalue weighted by Gasteiger charge is -2.21. The van der Waals surface area contributed by atoms with Gasteiger partial charge in [-0.05, 0) is 56.1 Å². The molecule has 0 amide bonds. The first-order valence-corrected chi connectivity index (χ1v) is 11.8. The first-order valence-electron chi connectivity index (χ1n) is 11.8. The van der Waals surface area contributed by atoms with E-state index in [0.717, 1.165) is 53.9 Å². The van der Waals surface area contributed by atoms with Crippen LogP contribution < -0.4 is 5.43 Å². The van der Waals surface area contributed by atoms with E-state index in [1.165, 1.54) is 38.0 Å². The fourth-order valence-electron chi connectivity index (χ4n) is 5.19. The van der Waals surface area contributed by atoms with Gasteiger partial charge in [-0.2, -0.15) is 0 Å². The molecule has 1 saturated heterocycles. The molecule has 0 bridgehead atoms. The zero-order valence-corrected chi connectivity index (χ0v) is 18.6. The Hall–Kier alpha value is -2.92. The van der Waals surface area contributed by atoms with Gasteiger partial charge in [0.15, 0.2) is 5.43 Å². The van der Waals surface area contributed by atoms with Crippen molar-refractivity contribution < 1.29 is 9.21 Å². The highest BCUT2D eigenvalue weighted by Gasteiger charge is 2.23. The van der Waals surface area contributed by atoms with E-state index in [2.05, 4.69) is 22.1 Å². The van der Waals surface area contributed by atoms with Crippen LogP contribution in [0.3, 0.4) is 0 Å². The second-order valence-corrected chi connectivity index (χ2v) is 9.04. The summed E-state index contributed by atoms with van der Waals surface area (Å²) in [4.78, 5) is 27.3. The molecule has 1 aliphatic heterocycles. The van der Waals surface area contributed by atoms with Gasteiger partial charge >= 0.3 is 0 Å². The molecule has 0 spiro atoms. The molecule has 1 aromatic carbocycles. The van der Waals surface area contributed by atoms with Crippen molar-refractivity contribution in [3.8, 4) is 0 Å². The Morgan fingerprint density at radius 3 is 2.59 bits per heavy atom. The second kappa shape index (κ2) is 8.91. The van der Waals surface area contributed by atoms with Gasteiger partial charge < -0.3 is 13.9 Å². The summed E-state index contributed by atoms with van der Waals surface area (Å²) in [6, 6.07) is 5.38. The first kappa shape index (κ1) is 21.0. The maximum absolute atomic E-state index is 12.5. The smallest absolute Gasteiger partial charge is 0.192 e. The zero-order chi connectivity index (χ0) is 22.1. The van der Waals surface area contributed by atoms with Crippen molar-refractivity contribution in [1.29, 1.82) is 0 Å². The summed E-state index contributed by atoms with van der Waals surface area (Å²) in [6.45, 7) is 8.48. The van der Waals surface area contributed by atoms with Gasteiger partial charge in [-0.15, -0.1) is 0 Å². The number of Topliss-reactive ketones (excluding diaryl/α,β-unsaturated/α-hetero) is 1. The average molecular weight is 431 g/mol. The van der Waals surface area contributed by atoms with E-state index in [1.807, 2.05) is 18.2 Å². The van der Waals surface area contributed by atoms with Crippen LogP contribution in [0.2, 0.25) is 0 Å². The Morgan fingerprint density at radius 1 is 0.969 bits per heavy atom. The lowest BCUT2D eigenvalue weighted by Crippen LogP contribution is -2.28. The number of carbonyl (C=O) groups is 1. The molecule has 0 radical (unpaired) electrons. The van der Waals surface area contributed by atoms with Gasteiger partial charge in [-0.1, -0.05) is 25.5 Å². The van der Waals surface area contributed by atoms with Crippen LogP contribution in [0.25, 0.3) is 33.5 Å². The number of nitrogens with zero attached hydrogens (tertiary/aromatic N) is 2. The van der Waals surface area contributed by atoms with Gasteiger partial charge in [0.2, 0.25) is 0 Å². The summed E-state index contributed by atoms with van der Waals surface area (Å²) in [7, 11) is 0. The summed E-state index contributed by atoms with van der Waals surface area (Å²) in [5, 5.41) is 1.52.